The maximum atomic E-state index is 2.26. The van der Waals surface area contributed by atoms with Gasteiger partial charge in [-0.05, 0) is 6.92 Å². The second-order valence-electron chi connectivity index (χ2n) is 3.59. The van der Waals surface area contributed by atoms with Crippen LogP contribution in [0.25, 0.3) is 0 Å². The number of benzene rings is 2. The van der Waals surface area contributed by atoms with E-state index in [1.54, 1.807) is 3.69 Å². The summed E-state index contributed by atoms with van der Waals surface area (Å²) in [7, 11) is 0. The summed E-state index contributed by atoms with van der Waals surface area (Å²) in [5, 5.41) is 0. The highest BCUT2D eigenvalue weighted by molar-refractivity contribution is 8.93. The fourth-order valence-electron chi connectivity index (χ4n) is 1.62. The van der Waals surface area contributed by atoms with Gasteiger partial charge in [0, 0.05) is 0 Å². The molecule has 0 aliphatic rings. The van der Waals surface area contributed by atoms with Crippen molar-refractivity contribution in [1.29, 1.82) is 0 Å². The molecule has 0 aromatic heterocycles. The van der Waals surface area contributed by atoms with E-state index in [-0.39, 0.29) is 37.3 Å². The fourth-order valence-corrected chi connectivity index (χ4v) is 3.22. The van der Waals surface area contributed by atoms with E-state index in [0.29, 0.717) is 0 Å². The normalized spacial score (nSPS) is 8.87. The molecule has 0 heterocycles. The van der Waals surface area contributed by atoms with Gasteiger partial charge in [-0.25, -0.2) is 0 Å². The van der Waals surface area contributed by atoms with Crippen molar-refractivity contribution < 1.29 is 0 Å². The number of aryl methyl sites for hydroxylation is 1. The molecule has 2 rings (SSSR count). The molecule has 0 saturated carbocycles. The lowest BCUT2D eigenvalue weighted by molar-refractivity contribution is 1.52. The topological polar surface area (TPSA) is 0 Å². The summed E-state index contributed by atoms with van der Waals surface area (Å²) in [6.45, 7) is 2.20. The zero-order valence-electron chi connectivity index (χ0n) is 8.81. The van der Waals surface area contributed by atoms with Crippen LogP contribution < -0.4 is 7.39 Å². The van der Waals surface area contributed by atoms with E-state index in [4.69, 9.17) is 0 Å². The van der Waals surface area contributed by atoms with Crippen molar-refractivity contribution in [3.8, 4) is 0 Å². The first-order chi connectivity index (χ1) is 6.86. The molecule has 0 bridgehead atoms. The average molecular weight is 273 g/mol. The highest BCUT2D eigenvalue weighted by Crippen LogP contribution is 1.92. The summed E-state index contributed by atoms with van der Waals surface area (Å²) < 4.78 is 3.07. The minimum Gasteiger partial charge on any atom is -0.165 e. The number of halogens is 1. The molecule has 2 aromatic carbocycles. The third-order valence-corrected chi connectivity index (χ3v) is 4.55. The van der Waals surface area contributed by atoms with E-state index in [0.717, 1.165) is 0 Å². The first-order valence-corrected chi connectivity index (χ1v) is 6.36. The molecular weight excluding hydrogens is 260 g/mol. The van der Waals surface area contributed by atoms with Crippen molar-refractivity contribution in [2.45, 2.75) is 6.92 Å². The van der Waals surface area contributed by atoms with Crippen LogP contribution in [0.3, 0.4) is 0 Å². The Kier molecular flexibility index (Phi) is 5.36. The van der Waals surface area contributed by atoms with Crippen LogP contribution in [0.2, 0.25) is 0 Å². The first-order valence-electron chi connectivity index (χ1n) is 4.95. The minimum absolute atomic E-state index is 0. The third-order valence-electron chi connectivity index (χ3n) is 2.50. The van der Waals surface area contributed by atoms with Gasteiger partial charge in [0.25, 0.3) is 0 Å². The molecule has 0 amide bonds. The van der Waals surface area contributed by atoms with Crippen molar-refractivity contribution in [1.82, 2.24) is 0 Å². The van der Waals surface area contributed by atoms with Crippen molar-refractivity contribution in [3.05, 3.63) is 60.2 Å². The molecule has 0 radical (unpaired) electrons. The highest BCUT2D eigenvalue weighted by atomic mass is 79.9. The molecule has 0 atom stereocenters. The first kappa shape index (κ1) is 12.8. The molecular formula is C13H13BrMg. The zero-order chi connectivity index (χ0) is 9.80. The molecule has 2 aromatic rings. The van der Waals surface area contributed by atoms with E-state index >= 15 is 0 Å². The SMILES string of the molecule is Br.Cc1cccc[c]1[Mg][c]1ccccc1. The van der Waals surface area contributed by atoms with Crippen LogP contribution in [0.1, 0.15) is 5.56 Å². The average Bonchev–Trinajstić information content (AvgIpc) is 2.23. The molecule has 0 spiro atoms. The van der Waals surface area contributed by atoms with Gasteiger partial charge in [0.2, 0.25) is 0 Å². The predicted molar refractivity (Wildman–Crippen MR) is 73.0 cm³/mol. The van der Waals surface area contributed by atoms with Gasteiger partial charge in [-0.3, -0.25) is 0 Å². The van der Waals surface area contributed by atoms with Crippen molar-refractivity contribution >= 4 is 44.7 Å². The summed E-state index contributed by atoms with van der Waals surface area (Å²) in [4.78, 5) is 0. The highest BCUT2D eigenvalue weighted by Gasteiger charge is 2.02. The molecule has 0 fully saturated rings. The van der Waals surface area contributed by atoms with Crippen LogP contribution in [0.15, 0.2) is 54.6 Å². The molecule has 74 valence electrons. The maximum Gasteiger partial charge on any atom is 0.450 e. The number of hydrogen-bond acceptors (Lipinski definition) is 0. The fraction of sp³-hybridized carbons (Fsp3) is 0.0769. The van der Waals surface area contributed by atoms with Crippen molar-refractivity contribution in [3.63, 3.8) is 0 Å². The number of rotatable bonds is 2. The van der Waals surface area contributed by atoms with E-state index < -0.39 is 0 Å². The minimum atomic E-state index is -0.263. The quantitative estimate of drug-likeness (QED) is 0.736. The Morgan fingerprint density at radius 2 is 1.40 bits per heavy atom. The van der Waals surface area contributed by atoms with E-state index in [1.165, 1.54) is 9.26 Å². The van der Waals surface area contributed by atoms with Crippen molar-refractivity contribution in [2.75, 3.05) is 0 Å². The van der Waals surface area contributed by atoms with Gasteiger partial charge in [0.05, 0.1) is 0 Å². The van der Waals surface area contributed by atoms with Crippen LogP contribution in [-0.2, 0) is 0 Å². The molecule has 2 heteroatoms. The molecule has 0 saturated heterocycles. The van der Waals surface area contributed by atoms with E-state index in [1.807, 2.05) is 0 Å². The van der Waals surface area contributed by atoms with Gasteiger partial charge in [-0.2, -0.15) is 7.39 Å². The van der Waals surface area contributed by atoms with Gasteiger partial charge in [0.15, 0.2) is 0 Å². The molecule has 0 nitrogen and oxygen atoms in total. The summed E-state index contributed by atoms with van der Waals surface area (Å²) in [6.07, 6.45) is 0. The Bertz CT molecular complexity index is 412. The van der Waals surface area contributed by atoms with Crippen LogP contribution in [0.4, 0.5) is 0 Å². The van der Waals surface area contributed by atoms with Crippen LogP contribution in [0, 0.1) is 6.92 Å². The lowest BCUT2D eigenvalue weighted by Gasteiger charge is -2.03. The second kappa shape index (κ2) is 6.31. The zero-order valence-corrected chi connectivity index (χ0v) is 11.9. The lowest BCUT2D eigenvalue weighted by atomic mass is 10.2. The largest absolute Gasteiger partial charge is 0.450 e. The summed E-state index contributed by atoms with van der Waals surface area (Å²) in [5.41, 5.74) is 1.43. The van der Waals surface area contributed by atoms with Crippen molar-refractivity contribution in [2.24, 2.45) is 0 Å². The Morgan fingerprint density at radius 3 is 2.07 bits per heavy atom. The Morgan fingerprint density at radius 1 is 0.800 bits per heavy atom. The smallest absolute Gasteiger partial charge is 0.165 e. The van der Waals surface area contributed by atoms with Crippen LogP contribution in [-0.4, -0.2) is 20.4 Å². The predicted octanol–water partition coefficient (Wildman–Crippen LogP) is 2.23. The van der Waals surface area contributed by atoms with Gasteiger partial charge in [0.1, 0.15) is 0 Å². The Labute approximate surface area is 111 Å². The molecule has 15 heavy (non-hydrogen) atoms. The lowest BCUT2D eigenvalue weighted by Crippen LogP contribution is -2.28. The summed E-state index contributed by atoms with van der Waals surface area (Å²) >= 11 is -0.263. The van der Waals surface area contributed by atoms with Crippen LogP contribution >= 0.6 is 17.0 Å². The molecule has 0 unspecified atom stereocenters. The Hall–Kier alpha value is -0.314. The molecule has 0 aliphatic carbocycles. The van der Waals surface area contributed by atoms with E-state index in [2.05, 4.69) is 61.5 Å². The summed E-state index contributed by atoms with van der Waals surface area (Å²) in [6, 6.07) is 19.5. The summed E-state index contributed by atoms with van der Waals surface area (Å²) in [5.74, 6) is 0. The second-order valence-corrected chi connectivity index (χ2v) is 5.52. The van der Waals surface area contributed by atoms with Crippen LogP contribution in [0.5, 0.6) is 0 Å². The van der Waals surface area contributed by atoms with Gasteiger partial charge in [-0.1, -0.05) is 60.2 Å². The number of hydrogen-bond donors (Lipinski definition) is 0. The van der Waals surface area contributed by atoms with E-state index in [9.17, 15) is 0 Å². The third kappa shape index (κ3) is 3.63. The molecule has 0 aliphatic heterocycles. The monoisotopic (exact) mass is 272 g/mol. The standard InChI is InChI=1S/C7H7.C6H5.BrH.Mg/c1-7-5-3-2-4-6-7;1-2-4-6-5-3-1;;/h2-5H,1H3;1-5H;1H;. The maximum absolute atomic E-state index is 2.26. The van der Waals surface area contributed by atoms with Gasteiger partial charge >= 0.3 is 20.4 Å². The van der Waals surface area contributed by atoms with Gasteiger partial charge < -0.3 is 0 Å². The molecule has 0 N–H and O–H groups in total. The Balaban J connectivity index is 0.00000112. The van der Waals surface area contributed by atoms with Gasteiger partial charge in [-0.15, -0.1) is 17.0 Å².